The molecule has 0 aromatic heterocycles. The number of nitrogens with one attached hydrogen (secondary N) is 1. The minimum atomic E-state index is -0.764. The molecule has 2 amide bonds. The second kappa shape index (κ2) is 6.78. The molecule has 7 nitrogen and oxygen atoms in total. The van der Waals surface area contributed by atoms with E-state index in [1.807, 2.05) is 0 Å². The average Bonchev–Trinajstić information content (AvgIpc) is 2.81. The topological polar surface area (TPSA) is 92.6 Å². The van der Waals surface area contributed by atoms with E-state index in [0.717, 1.165) is 16.5 Å². The minimum Gasteiger partial charge on any atom is -0.349 e. The number of carbonyl (C=O) groups is 2. The molecule has 26 heavy (non-hydrogen) atoms. The normalized spacial score (nSPS) is 14.2. The zero-order chi connectivity index (χ0) is 19.0. The molecule has 0 fully saturated rings. The van der Waals surface area contributed by atoms with E-state index in [1.165, 1.54) is 18.2 Å². The summed E-state index contributed by atoms with van der Waals surface area (Å²) in [7, 11) is 0. The molecular formula is C17H11Cl2N3O4. The number of nitro benzene ring substituents is 1. The highest BCUT2D eigenvalue weighted by atomic mass is 35.5. The first kappa shape index (κ1) is 17.9. The summed E-state index contributed by atoms with van der Waals surface area (Å²) in [5.74, 6) is -1.47. The Bertz CT molecular complexity index is 988. The van der Waals surface area contributed by atoms with E-state index in [9.17, 15) is 19.7 Å². The maximum Gasteiger partial charge on any atom is 0.283 e. The molecule has 3 rings (SSSR count). The number of hydrogen-bond acceptors (Lipinski definition) is 5. The summed E-state index contributed by atoms with van der Waals surface area (Å²) < 4.78 is 0. The lowest BCUT2D eigenvalue weighted by atomic mass is 10.2. The Morgan fingerprint density at radius 2 is 1.81 bits per heavy atom. The van der Waals surface area contributed by atoms with Gasteiger partial charge in [-0.1, -0.05) is 35.3 Å². The van der Waals surface area contributed by atoms with Gasteiger partial charge in [0.1, 0.15) is 10.7 Å². The van der Waals surface area contributed by atoms with Crippen LogP contribution in [0, 0.1) is 17.0 Å². The number of halogens is 2. The van der Waals surface area contributed by atoms with Gasteiger partial charge in [-0.25, -0.2) is 4.90 Å². The number of hydrogen-bond donors (Lipinski definition) is 1. The molecule has 0 atom stereocenters. The fourth-order valence-electron chi connectivity index (χ4n) is 2.46. The molecule has 2 aromatic rings. The van der Waals surface area contributed by atoms with Crippen molar-refractivity contribution in [2.75, 3.05) is 10.2 Å². The zero-order valence-electron chi connectivity index (χ0n) is 13.3. The molecule has 9 heteroatoms. The van der Waals surface area contributed by atoms with Crippen LogP contribution in [0.5, 0.6) is 0 Å². The molecular weight excluding hydrogens is 381 g/mol. The van der Waals surface area contributed by atoms with E-state index in [0.29, 0.717) is 10.7 Å². The summed E-state index contributed by atoms with van der Waals surface area (Å²) >= 11 is 12.0. The lowest BCUT2D eigenvalue weighted by Gasteiger charge is -2.15. The first-order chi connectivity index (χ1) is 12.3. The summed E-state index contributed by atoms with van der Waals surface area (Å²) in [6, 6.07) is 10.2. The molecule has 0 spiro atoms. The second-order valence-electron chi connectivity index (χ2n) is 5.50. The Morgan fingerprint density at radius 3 is 2.50 bits per heavy atom. The highest BCUT2D eigenvalue weighted by Gasteiger charge is 2.39. The predicted octanol–water partition coefficient (Wildman–Crippen LogP) is 3.99. The number of imide groups is 1. The maximum atomic E-state index is 12.7. The lowest BCUT2D eigenvalue weighted by molar-refractivity contribution is -0.384. The van der Waals surface area contributed by atoms with Crippen molar-refractivity contribution >= 4 is 52.1 Å². The van der Waals surface area contributed by atoms with Crippen LogP contribution in [0.4, 0.5) is 17.1 Å². The van der Waals surface area contributed by atoms with Crippen LogP contribution in [-0.4, -0.2) is 16.7 Å². The monoisotopic (exact) mass is 391 g/mol. The van der Waals surface area contributed by atoms with Crippen molar-refractivity contribution in [1.82, 2.24) is 0 Å². The van der Waals surface area contributed by atoms with E-state index in [-0.39, 0.29) is 22.1 Å². The molecule has 132 valence electrons. The van der Waals surface area contributed by atoms with E-state index < -0.39 is 16.7 Å². The molecule has 1 aliphatic heterocycles. The van der Waals surface area contributed by atoms with E-state index in [4.69, 9.17) is 23.2 Å². The molecule has 0 radical (unpaired) electrons. The number of aryl methyl sites for hydroxylation is 1. The predicted molar refractivity (Wildman–Crippen MR) is 98.3 cm³/mol. The second-order valence-corrected chi connectivity index (χ2v) is 6.31. The average molecular weight is 392 g/mol. The van der Waals surface area contributed by atoms with Gasteiger partial charge in [0.25, 0.3) is 17.5 Å². The largest absolute Gasteiger partial charge is 0.349 e. The van der Waals surface area contributed by atoms with Gasteiger partial charge >= 0.3 is 0 Å². The van der Waals surface area contributed by atoms with Crippen LogP contribution < -0.4 is 10.2 Å². The smallest absolute Gasteiger partial charge is 0.283 e. The van der Waals surface area contributed by atoms with E-state index in [2.05, 4.69) is 5.32 Å². The van der Waals surface area contributed by atoms with Crippen molar-refractivity contribution in [2.24, 2.45) is 0 Å². The first-order valence-corrected chi connectivity index (χ1v) is 8.11. The quantitative estimate of drug-likeness (QED) is 0.483. The molecule has 2 aromatic carbocycles. The molecule has 1 aliphatic rings. The Hall–Kier alpha value is -2.90. The van der Waals surface area contributed by atoms with Crippen molar-refractivity contribution in [3.63, 3.8) is 0 Å². The number of rotatable bonds is 4. The van der Waals surface area contributed by atoms with Gasteiger partial charge in [-0.15, -0.1) is 0 Å². The van der Waals surface area contributed by atoms with Gasteiger partial charge in [0.05, 0.1) is 10.6 Å². The highest BCUT2D eigenvalue weighted by Crippen LogP contribution is 2.32. The Morgan fingerprint density at radius 1 is 1.08 bits per heavy atom. The molecule has 0 bridgehead atoms. The first-order valence-electron chi connectivity index (χ1n) is 7.36. The summed E-state index contributed by atoms with van der Waals surface area (Å²) in [6.45, 7) is 1.80. The Kier molecular flexibility index (Phi) is 4.67. The van der Waals surface area contributed by atoms with Crippen LogP contribution in [-0.2, 0) is 9.59 Å². The number of benzene rings is 2. The molecule has 0 unspecified atom stereocenters. The van der Waals surface area contributed by atoms with Crippen LogP contribution >= 0.6 is 23.2 Å². The molecule has 0 saturated carbocycles. The molecule has 0 saturated heterocycles. The van der Waals surface area contributed by atoms with Crippen molar-refractivity contribution < 1.29 is 14.5 Å². The summed E-state index contributed by atoms with van der Waals surface area (Å²) in [4.78, 5) is 36.2. The number of anilines is 2. The fraction of sp³-hybridized carbons (Fsp3) is 0.0588. The van der Waals surface area contributed by atoms with Crippen LogP contribution in [0.15, 0.2) is 53.2 Å². The number of nitro groups is 1. The number of non-ortho nitro benzene ring substituents is 1. The lowest BCUT2D eigenvalue weighted by Crippen LogP contribution is -2.32. The van der Waals surface area contributed by atoms with Crippen LogP contribution in [0.2, 0.25) is 5.02 Å². The van der Waals surface area contributed by atoms with Gasteiger partial charge in [0.15, 0.2) is 0 Å². The third-order valence-electron chi connectivity index (χ3n) is 3.79. The SMILES string of the molecule is Cc1ccc(Cl)cc1NC1=C(Cl)C(=O)N(c2cccc([N+](=O)[O-])c2)C1=O. The van der Waals surface area contributed by atoms with Gasteiger partial charge in [0, 0.05) is 22.8 Å². The van der Waals surface area contributed by atoms with Gasteiger partial charge in [0.2, 0.25) is 0 Å². The fourth-order valence-corrected chi connectivity index (χ4v) is 2.84. The van der Waals surface area contributed by atoms with E-state index >= 15 is 0 Å². The highest BCUT2D eigenvalue weighted by molar-refractivity contribution is 6.53. The van der Waals surface area contributed by atoms with Gasteiger partial charge in [-0.3, -0.25) is 19.7 Å². The number of nitrogens with zero attached hydrogens (tertiary/aromatic N) is 2. The van der Waals surface area contributed by atoms with Crippen LogP contribution in [0.3, 0.4) is 0 Å². The summed E-state index contributed by atoms with van der Waals surface area (Å²) in [5, 5.41) is 13.9. The summed E-state index contributed by atoms with van der Waals surface area (Å²) in [5.41, 5.74) is 1.01. The minimum absolute atomic E-state index is 0.0620. The zero-order valence-corrected chi connectivity index (χ0v) is 14.8. The third kappa shape index (κ3) is 3.14. The number of carbonyl (C=O) groups excluding carboxylic acids is 2. The van der Waals surface area contributed by atoms with Crippen molar-refractivity contribution in [2.45, 2.75) is 6.92 Å². The van der Waals surface area contributed by atoms with Gasteiger partial charge < -0.3 is 5.32 Å². The molecule has 1 N–H and O–H groups in total. The Balaban J connectivity index is 1.96. The van der Waals surface area contributed by atoms with Gasteiger partial charge in [-0.05, 0) is 30.7 Å². The number of amides is 2. The summed E-state index contributed by atoms with van der Waals surface area (Å²) in [6.07, 6.45) is 0. The van der Waals surface area contributed by atoms with E-state index in [1.54, 1.807) is 25.1 Å². The van der Waals surface area contributed by atoms with Crippen LogP contribution in [0.1, 0.15) is 5.56 Å². The third-order valence-corrected chi connectivity index (χ3v) is 4.37. The van der Waals surface area contributed by atoms with Crippen molar-refractivity contribution in [3.8, 4) is 0 Å². The molecule has 1 heterocycles. The van der Waals surface area contributed by atoms with Gasteiger partial charge in [-0.2, -0.15) is 0 Å². The Labute approximate surface area is 158 Å². The van der Waals surface area contributed by atoms with Crippen LogP contribution in [0.25, 0.3) is 0 Å². The van der Waals surface area contributed by atoms with Crippen molar-refractivity contribution in [1.29, 1.82) is 0 Å². The molecule has 0 aliphatic carbocycles. The van der Waals surface area contributed by atoms with Crippen molar-refractivity contribution in [3.05, 3.63) is 73.9 Å². The standard InChI is InChI=1S/C17H11Cl2N3O4/c1-9-5-6-10(18)7-13(9)20-15-14(19)16(23)21(17(15)24)11-3-2-4-12(8-11)22(25)26/h2-8,20H,1H3. The maximum absolute atomic E-state index is 12.7.